The van der Waals surface area contributed by atoms with Crippen molar-refractivity contribution in [3.63, 3.8) is 0 Å². The highest BCUT2D eigenvalue weighted by atomic mass is 31.2. The van der Waals surface area contributed by atoms with Gasteiger partial charge in [0.1, 0.15) is 13.2 Å². The van der Waals surface area contributed by atoms with Gasteiger partial charge < -0.3 is 19.8 Å². The maximum Gasteiger partial charge on any atom is 0.472 e. The van der Waals surface area contributed by atoms with E-state index in [9.17, 15) is 19.4 Å². The number of aliphatic hydroxyl groups excluding tert-OH is 1. The highest BCUT2D eigenvalue weighted by Gasteiger charge is 2.28. The van der Waals surface area contributed by atoms with E-state index < -0.39 is 20.0 Å². The van der Waals surface area contributed by atoms with Gasteiger partial charge >= 0.3 is 7.82 Å². The lowest BCUT2D eigenvalue weighted by atomic mass is 10.0. The van der Waals surface area contributed by atoms with E-state index in [2.05, 4.69) is 67.8 Å². The zero-order valence-corrected chi connectivity index (χ0v) is 51.2. The summed E-state index contributed by atoms with van der Waals surface area (Å²) in [4.78, 5) is 23.3. The minimum atomic E-state index is -4.34. The van der Waals surface area contributed by atoms with Crippen molar-refractivity contribution in [2.45, 2.75) is 315 Å². The Morgan fingerprint density at radius 1 is 0.467 bits per heavy atom. The predicted octanol–water partition coefficient (Wildman–Crippen LogP) is 20.0. The van der Waals surface area contributed by atoms with Gasteiger partial charge in [-0.25, -0.2) is 4.57 Å². The van der Waals surface area contributed by atoms with Crippen molar-refractivity contribution in [2.24, 2.45) is 0 Å². The average molecular weight is 1070 g/mol. The molecule has 0 rings (SSSR count). The van der Waals surface area contributed by atoms with Crippen molar-refractivity contribution in [1.29, 1.82) is 0 Å². The van der Waals surface area contributed by atoms with E-state index in [0.29, 0.717) is 17.4 Å². The molecule has 0 saturated heterocycles. The highest BCUT2D eigenvalue weighted by Crippen LogP contribution is 2.43. The van der Waals surface area contributed by atoms with Crippen LogP contribution in [0.15, 0.2) is 60.8 Å². The number of carbonyl (C=O) groups is 1. The minimum absolute atomic E-state index is 0.0628. The van der Waals surface area contributed by atoms with Crippen LogP contribution in [0.3, 0.4) is 0 Å². The number of phosphoric acid groups is 1. The van der Waals surface area contributed by atoms with E-state index in [0.717, 1.165) is 64.2 Å². The summed E-state index contributed by atoms with van der Waals surface area (Å²) in [6, 6.07) is -0.845. The Balaban J connectivity index is 3.89. The van der Waals surface area contributed by atoms with Crippen molar-refractivity contribution >= 4 is 13.7 Å². The fourth-order valence-corrected chi connectivity index (χ4v) is 10.2. The lowest BCUT2D eigenvalue weighted by Crippen LogP contribution is -2.45. The first-order valence-corrected chi connectivity index (χ1v) is 33.7. The van der Waals surface area contributed by atoms with E-state index in [4.69, 9.17) is 9.05 Å². The third-order valence-corrected chi connectivity index (χ3v) is 15.5. The molecule has 0 spiro atoms. The number of nitrogens with zero attached hydrogens (tertiary/aromatic N) is 1. The topological polar surface area (TPSA) is 105 Å². The van der Waals surface area contributed by atoms with Crippen molar-refractivity contribution in [2.75, 3.05) is 40.9 Å². The molecule has 0 aliphatic carbocycles. The van der Waals surface area contributed by atoms with Crippen LogP contribution >= 0.6 is 7.82 Å². The summed E-state index contributed by atoms with van der Waals surface area (Å²) in [6.07, 6.45) is 77.9. The normalized spacial score (nSPS) is 14.2. The van der Waals surface area contributed by atoms with Crippen LogP contribution in [0, 0.1) is 0 Å². The molecule has 0 aromatic carbocycles. The predicted molar refractivity (Wildman–Crippen MR) is 327 cm³/mol. The Bertz CT molecular complexity index is 1400. The van der Waals surface area contributed by atoms with Gasteiger partial charge in [0, 0.05) is 6.42 Å². The van der Waals surface area contributed by atoms with Gasteiger partial charge in [-0.3, -0.25) is 13.8 Å². The Labute approximate surface area is 466 Å². The molecule has 1 amide bonds. The first-order valence-electron chi connectivity index (χ1n) is 32.2. The van der Waals surface area contributed by atoms with Crippen LogP contribution in [0.2, 0.25) is 0 Å². The Morgan fingerprint density at radius 3 is 1.17 bits per heavy atom. The molecule has 75 heavy (non-hydrogen) atoms. The summed E-state index contributed by atoms with van der Waals surface area (Å²) in [5.74, 6) is -0.173. The molecule has 3 unspecified atom stereocenters. The zero-order chi connectivity index (χ0) is 54.9. The van der Waals surface area contributed by atoms with Crippen LogP contribution in [0.1, 0.15) is 303 Å². The highest BCUT2D eigenvalue weighted by molar-refractivity contribution is 7.47. The summed E-state index contributed by atoms with van der Waals surface area (Å²) in [5, 5.41) is 13.9. The van der Waals surface area contributed by atoms with Gasteiger partial charge in [0.15, 0.2) is 0 Å². The van der Waals surface area contributed by atoms with Gasteiger partial charge in [0.2, 0.25) is 5.91 Å². The number of likely N-dealkylation sites (N-methyl/N-ethyl adjacent to an activating group) is 1. The van der Waals surface area contributed by atoms with E-state index in [1.165, 1.54) is 218 Å². The second-order valence-corrected chi connectivity index (χ2v) is 24.6. The number of carbonyl (C=O) groups excluding carboxylic acids is 1. The number of amides is 1. The van der Waals surface area contributed by atoms with E-state index in [1.807, 2.05) is 27.2 Å². The van der Waals surface area contributed by atoms with Crippen LogP contribution in [0.5, 0.6) is 0 Å². The van der Waals surface area contributed by atoms with Crippen LogP contribution < -0.4 is 5.32 Å². The second kappa shape index (κ2) is 56.9. The van der Waals surface area contributed by atoms with E-state index >= 15 is 0 Å². The third-order valence-electron chi connectivity index (χ3n) is 14.5. The molecular formula is C66H126N2O6P+. The Hall–Kier alpha value is -1.80. The van der Waals surface area contributed by atoms with Gasteiger partial charge in [-0.15, -0.1) is 0 Å². The molecule has 0 heterocycles. The molecule has 8 nitrogen and oxygen atoms in total. The van der Waals surface area contributed by atoms with E-state index in [-0.39, 0.29) is 19.1 Å². The molecule has 0 bridgehead atoms. The number of phosphoric ester groups is 1. The van der Waals surface area contributed by atoms with Gasteiger partial charge in [0.25, 0.3) is 0 Å². The van der Waals surface area contributed by atoms with Crippen LogP contribution in [0.4, 0.5) is 0 Å². The molecule has 9 heteroatoms. The molecule has 0 aliphatic heterocycles. The fourth-order valence-electron chi connectivity index (χ4n) is 9.51. The van der Waals surface area contributed by atoms with E-state index in [1.54, 1.807) is 6.08 Å². The Kier molecular flexibility index (Phi) is 55.5. The average Bonchev–Trinajstić information content (AvgIpc) is 3.37. The molecule has 3 N–H and O–H groups in total. The van der Waals surface area contributed by atoms with Crippen LogP contribution in [0.25, 0.3) is 0 Å². The molecule has 0 radical (unpaired) electrons. The van der Waals surface area contributed by atoms with Crippen molar-refractivity contribution in [1.82, 2.24) is 5.32 Å². The summed E-state index contributed by atoms with van der Waals surface area (Å²) < 4.78 is 23.7. The second-order valence-electron chi connectivity index (χ2n) is 23.1. The molecule has 0 aliphatic rings. The number of quaternary nitrogens is 1. The van der Waals surface area contributed by atoms with Crippen molar-refractivity contribution in [3.05, 3.63) is 60.8 Å². The number of rotatable bonds is 59. The molecule has 440 valence electrons. The Morgan fingerprint density at radius 2 is 0.800 bits per heavy atom. The zero-order valence-electron chi connectivity index (χ0n) is 50.3. The standard InChI is InChI=1S/C66H125N2O6P/c1-6-8-10-12-14-16-18-20-22-23-24-25-26-27-28-29-30-31-32-33-34-35-36-37-38-39-40-41-42-43-44-45-46-48-50-52-54-56-58-60-66(70)67-64(63-74-75(71,72)73-62-61-68(3,4)5)65(69)59-57-55-53-51-49-47-21-19-17-15-13-11-9-7-2/h8,10,14,16,20,22,24-25,57,59,64-65,69H,6-7,9,11-13,15,17-19,21,23,26-56,58,60-63H2,1-5H3,(H-,67,70,71,72)/p+1/b10-8-,16-14-,22-20-,25-24-,59-57+. The largest absolute Gasteiger partial charge is 0.472 e. The van der Waals surface area contributed by atoms with Gasteiger partial charge in [-0.1, -0.05) is 299 Å². The number of aliphatic hydroxyl groups is 1. The number of allylic oxidation sites excluding steroid dienone is 9. The monoisotopic (exact) mass is 1070 g/mol. The summed E-state index contributed by atoms with van der Waals surface area (Å²) in [5.41, 5.74) is 0. The van der Waals surface area contributed by atoms with Crippen LogP contribution in [-0.2, 0) is 18.4 Å². The van der Waals surface area contributed by atoms with Gasteiger partial charge in [-0.05, 0) is 57.8 Å². The van der Waals surface area contributed by atoms with Crippen molar-refractivity contribution in [3.8, 4) is 0 Å². The number of hydrogen-bond donors (Lipinski definition) is 3. The number of unbranched alkanes of at least 4 members (excludes halogenated alkanes) is 38. The van der Waals surface area contributed by atoms with Crippen LogP contribution in [-0.4, -0.2) is 73.4 Å². The molecule has 3 atom stereocenters. The lowest BCUT2D eigenvalue weighted by Gasteiger charge is -2.25. The summed E-state index contributed by atoms with van der Waals surface area (Å²) in [7, 11) is 1.58. The summed E-state index contributed by atoms with van der Waals surface area (Å²) >= 11 is 0. The first-order chi connectivity index (χ1) is 36.5. The van der Waals surface area contributed by atoms with Crippen molar-refractivity contribution < 1.29 is 32.9 Å². The molecular weight excluding hydrogens is 948 g/mol. The SMILES string of the molecule is CC/C=C\C/C=C\C/C=C\C/C=C\CCCCCCCCCCCCCCCCCCCCCCCCCCCCC(=O)NC(COP(=O)(O)OCC[N+](C)(C)C)C(O)/C=C/CCCCCCCCCCCCCC. The lowest BCUT2D eigenvalue weighted by molar-refractivity contribution is -0.870. The maximum absolute atomic E-state index is 13.0. The molecule has 0 saturated carbocycles. The molecule has 0 aromatic heterocycles. The van der Waals surface area contributed by atoms with Gasteiger partial charge in [-0.2, -0.15) is 0 Å². The quantitative estimate of drug-likeness (QED) is 0.0243. The first kappa shape index (κ1) is 73.2. The minimum Gasteiger partial charge on any atom is -0.387 e. The van der Waals surface area contributed by atoms with Gasteiger partial charge in [0.05, 0.1) is 39.9 Å². The smallest absolute Gasteiger partial charge is 0.387 e. The number of hydrogen-bond acceptors (Lipinski definition) is 5. The fraction of sp³-hybridized carbons (Fsp3) is 0.833. The third kappa shape index (κ3) is 59.7. The molecule has 0 fully saturated rings. The maximum atomic E-state index is 13.0. The number of nitrogens with one attached hydrogen (secondary N) is 1. The molecule has 0 aromatic rings. The summed E-state index contributed by atoms with van der Waals surface area (Å²) in [6.45, 7) is 4.73.